The topological polar surface area (TPSA) is 68.0 Å². The molecule has 0 aliphatic rings. The lowest BCUT2D eigenvalue weighted by molar-refractivity contribution is -0.132. The highest BCUT2D eigenvalue weighted by Gasteiger charge is 2.01. The number of rotatable bonds is 4. The molecular formula is C8H11N3O2S. The molecular weight excluding hydrogens is 202 g/mol. The fourth-order valence-corrected chi connectivity index (χ4v) is 1.58. The van der Waals surface area contributed by atoms with E-state index in [9.17, 15) is 4.79 Å². The highest BCUT2D eigenvalue weighted by atomic mass is 32.2. The van der Waals surface area contributed by atoms with Crippen molar-refractivity contribution in [3.8, 4) is 0 Å². The molecule has 1 aromatic heterocycles. The third kappa shape index (κ3) is 2.88. The number of aryl methyl sites for hydroxylation is 1. The summed E-state index contributed by atoms with van der Waals surface area (Å²) in [5.74, 6) is -0.298. The Balaban J connectivity index is 2.46. The van der Waals surface area contributed by atoms with Crippen LogP contribution >= 0.6 is 11.8 Å². The molecule has 0 fully saturated rings. The molecule has 6 heteroatoms. The summed E-state index contributed by atoms with van der Waals surface area (Å²) in [5.41, 5.74) is 0.347. The van der Waals surface area contributed by atoms with E-state index in [1.807, 2.05) is 0 Å². The van der Waals surface area contributed by atoms with Gasteiger partial charge in [-0.25, -0.2) is 14.5 Å². The quantitative estimate of drug-likeness (QED) is 0.595. The lowest BCUT2D eigenvalue weighted by Crippen LogP contribution is -1.97. The van der Waals surface area contributed by atoms with Gasteiger partial charge < -0.3 is 5.11 Å². The van der Waals surface area contributed by atoms with Crippen LogP contribution in [-0.2, 0) is 11.8 Å². The molecule has 1 heterocycles. The van der Waals surface area contributed by atoms with Gasteiger partial charge in [0, 0.05) is 18.4 Å². The van der Waals surface area contributed by atoms with Crippen LogP contribution in [0.3, 0.4) is 0 Å². The summed E-state index contributed by atoms with van der Waals surface area (Å²) in [6.07, 6.45) is 3.12. The van der Waals surface area contributed by atoms with Gasteiger partial charge in [0.05, 0.1) is 0 Å². The second-order valence-electron chi connectivity index (χ2n) is 2.67. The van der Waals surface area contributed by atoms with Crippen LogP contribution < -0.4 is 0 Å². The van der Waals surface area contributed by atoms with E-state index in [-0.39, 0.29) is 0 Å². The molecule has 76 valence electrons. The van der Waals surface area contributed by atoms with Gasteiger partial charge in [-0.1, -0.05) is 17.8 Å². The predicted molar refractivity (Wildman–Crippen MR) is 53.1 cm³/mol. The second kappa shape index (κ2) is 4.80. The highest BCUT2D eigenvalue weighted by molar-refractivity contribution is 7.99. The van der Waals surface area contributed by atoms with Crippen LogP contribution in [0.5, 0.6) is 0 Å². The summed E-state index contributed by atoms with van der Waals surface area (Å²) >= 11 is 1.45. The Morgan fingerprint density at radius 2 is 2.50 bits per heavy atom. The maximum absolute atomic E-state index is 10.4. The zero-order chi connectivity index (χ0) is 10.6. The molecule has 0 spiro atoms. The van der Waals surface area contributed by atoms with Gasteiger partial charge in [-0.3, -0.25) is 0 Å². The van der Waals surface area contributed by atoms with Gasteiger partial charge in [-0.05, 0) is 6.92 Å². The molecule has 1 rings (SSSR count). The van der Waals surface area contributed by atoms with Crippen LogP contribution in [0.4, 0.5) is 0 Å². The van der Waals surface area contributed by atoms with E-state index < -0.39 is 5.97 Å². The number of aliphatic carboxylic acids is 1. The third-order valence-corrected chi connectivity index (χ3v) is 2.57. The van der Waals surface area contributed by atoms with Crippen molar-refractivity contribution < 1.29 is 9.90 Å². The first-order valence-electron chi connectivity index (χ1n) is 3.98. The van der Waals surface area contributed by atoms with Crippen molar-refractivity contribution in [3.63, 3.8) is 0 Å². The van der Waals surface area contributed by atoms with Gasteiger partial charge in [0.15, 0.2) is 5.16 Å². The highest BCUT2D eigenvalue weighted by Crippen LogP contribution is 2.13. The van der Waals surface area contributed by atoms with Crippen LogP contribution in [0.1, 0.15) is 6.92 Å². The molecule has 0 radical (unpaired) electrons. The fourth-order valence-electron chi connectivity index (χ4n) is 0.745. The summed E-state index contributed by atoms with van der Waals surface area (Å²) in [6.45, 7) is 1.57. The van der Waals surface area contributed by atoms with Crippen molar-refractivity contribution >= 4 is 17.7 Å². The molecule has 0 amide bonds. The van der Waals surface area contributed by atoms with Crippen LogP contribution in [0.25, 0.3) is 0 Å². The predicted octanol–water partition coefficient (Wildman–Crippen LogP) is 0.938. The van der Waals surface area contributed by atoms with Crippen LogP contribution in [0.2, 0.25) is 0 Å². The van der Waals surface area contributed by atoms with E-state index in [0.717, 1.165) is 5.16 Å². The molecule has 0 atom stereocenters. The van der Waals surface area contributed by atoms with Gasteiger partial charge in [-0.15, -0.1) is 0 Å². The Bertz CT molecular complexity index is 359. The Kier molecular flexibility index (Phi) is 3.70. The minimum Gasteiger partial charge on any atom is -0.478 e. The molecule has 14 heavy (non-hydrogen) atoms. The number of hydrogen-bond donors (Lipinski definition) is 1. The molecule has 0 aromatic carbocycles. The van der Waals surface area contributed by atoms with Gasteiger partial charge >= 0.3 is 5.97 Å². The Labute approximate surface area is 85.8 Å². The van der Waals surface area contributed by atoms with Crippen molar-refractivity contribution in [1.82, 2.24) is 14.8 Å². The average molecular weight is 213 g/mol. The number of nitrogens with zero attached hydrogens (tertiary/aromatic N) is 3. The van der Waals surface area contributed by atoms with E-state index in [0.29, 0.717) is 11.3 Å². The van der Waals surface area contributed by atoms with Gasteiger partial charge in [0.25, 0.3) is 0 Å². The van der Waals surface area contributed by atoms with Crippen molar-refractivity contribution in [2.45, 2.75) is 12.1 Å². The number of hydrogen-bond acceptors (Lipinski definition) is 4. The molecule has 1 aromatic rings. The summed E-state index contributed by atoms with van der Waals surface area (Å²) in [6, 6.07) is 0. The zero-order valence-corrected chi connectivity index (χ0v) is 8.78. The molecule has 0 aliphatic carbocycles. The minimum absolute atomic E-state index is 0.347. The van der Waals surface area contributed by atoms with Gasteiger partial charge in [0.1, 0.15) is 6.33 Å². The first kappa shape index (κ1) is 10.8. The number of carbonyl (C=O) groups is 1. The second-order valence-corrected chi connectivity index (χ2v) is 3.66. The smallest absolute Gasteiger partial charge is 0.330 e. The van der Waals surface area contributed by atoms with E-state index in [1.165, 1.54) is 18.1 Å². The van der Waals surface area contributed by atoms with E-state index in [4.69, 9.17) is 5.11 Å². The van der Waals surface area contributed by atoms with Gasteiger partial charge in [-0.2, -0.15) is 5.10 Å². The maximum atomic E-state index is 10.4. The van der Waals surface area contributed by atoms with E-state index in [2.05, 4.69) is 10.1 Å². The molecule has 0 bridgehead atoms. The van der Waals surface area contributed by atoms with Crippen molar-refractivity contribution in [1.29, 1.82) is 0 Å². The van der Waals surface area contributed by atoms with Crippen molar-refractivity contribution in [3.05, 3.63) is 18.0 Å². The number of carboxylic acid groups (broad SMARTS) is 1. The summed E-state index contributed by atoms with van der Waals surface area (Å²) in [4.78, 5) is 14.4. The molecule has 0 saturated carbocycles. The van der Waals surface area contributed by atoms with Crippen molar-refractivity contribution in [2.24, 2.45) is 7.05 Å². The molecule has 1 N–H and O–H groups in total. The number of carboxylic acids is 1. The lowest BCUT2D eigenvalue weighted by atomic mass is 10.3. The SMILES string of the molecule is CC(=CCSc1ncnn1C)C(=O)O. The largest absolute Gasteiger partial charge is 0.478 e. The molecule has 0 unspecified atom stereocenters. The zero-order valence-electron chi connectivity index (χ0n) is 7.97. The monoisotopic (exact) mass is 213 g/mol. The fraction of sp³-hybridized carbons (Fsp3) is 0.375. The summed E-state index contributed by atoms with van der Waals surface area (Å²) in [7, 11) is 1.79. The van der Waals surface area contributed by atoms with E-state index in [1.54, 1.807) is 24.7 Å². The number of aromatic nitrogens is 3. The number of thioether (sulfide) groups is 1. The Morgan fingerprint density at radius 1 is 1.79 bits per heavy atom. The molecule has 5 nitrogen and oxygen atoms in total. The van der Waals surface area contributed by atoms with Crippen LogP contribution in [0.15, 0.2) is 23.1 Å². The minimum atomic E-state index is -0.886. The Hall–Kier alpha value is -1.30. The third-order valence-electron chi connectivity index (χ3n) is 1.61. The summed E-state index contributed by atoms with van der Waals surface area (Å²) < 4.78 is 1.65. The molecule has 0 saturated heterocycles. The summed E-state index contributed by atoms with van der Waals surface area (Å²) in [5, 5.41) is 13.3. The van der Waals surface area contributed by atoms with Crippen molar-refractivity contribution in [2.75, 3.05) is 5.75 Å². The van der Waals surface area contributed by atoms with Gasteiger partial charge in [0.2, 0.25) is 0 Å². The maximum Gasteiger partial charge on any atom is 0.330 e. The standard InChI is InChI=1S/C8H11N3O2S/c1-6(7(12)13)3-4-14-8-9-5-10-11(8)2/h3,5H,4H2,1-2H3,(H,12,13). The first-order valence-corrected chi connectivity index (χ1v) is 4.96. The average Bonchev–Trinajstić information content (AvgIpc) is 2.51. The van der Waals surface area contributed by atoms with E-state index >= 15 is 0 Å². The first-order chi connectivity index (χ1) is 6.61. The van der Waals surface area contributed by atoms with Crippen LogP contribution in [0, 0.1) is 0 Å². The lowest BCUT2D eigenvalue weighted by Gasteiger charge is -1.96. The Morgan fingerprint density at radius 3 is 3.00 bits per heavy atom. The van der Waals surface area contributed by atoms with Crippen LogP contribution in [-0.4, -0.2) is 31.6 Å². The molecule has 0 aliphatic heterocycles. The normalized spacial score (nSPS) is 11.7.